The summed E-state index contributed by atoms with van der Waals surface area (Å²) in [5, 5.41) is 3.56. The highest BCUT2D eigenvalue weighted by atomic mass is 16.5. The molecule has 0 bridgehead atoms. The summed E-state index contributed by atoms with van der Waals surface area (Å²) in [6.45, 7) is 4.58. The van der Waals surface area contributed by atoms with E-state index in [0.717, 1.165) is 44.2 Å². The van der Waals surface area contributed by atoms with Crippen LogP contribution in [-0.2, 0) is 11.3 Å². The monoisotopic (exact) mass is 395 g/mol. The third-order valence-corrected chi connectivity index (χ3v) is 5.53. The molecule has 1 fully saturated rings. The predicted molar refractivity (Wildman–Crippen MR) is 118 cm³/mol. The third-order valence-electron chi connectivity index (χ3n) is 5.53. The van der Waals surface area contributed by atoms with Crippen molar-refractivity contribution in [3.63, 3.8) is 0 Å². The lowest BCUT2D eigenvalue weighted by Crippen LogP contribution is -2.42. The topological polar surface area (TPSA) is 46.1 Å². The fourth-order valence-electron chi connectivity index (χ4n) is 3.86. The van der Waals surface area contributed by atoms with Crippen molar-refractivity contribution >= 4 is 5.96 Å². The van der Waals surface area contributed by atoms with Gasteiger partial charge < -0.3 is 19.7 Å². The van der Waals surface area contributed by atoms with Crippen LogP contribution in [0.3, 0.4) is 0 Å². The lowest BCUT2D eigenvalue weighted by molar-refractivity contribution is -0.0266. The van der Waals surface area contributed by atoms with Crippen LogP contribution >= 0.6 is 0 Å². The van der Waals surface area contributed by atoms with E-state index < -0.39 is 0 Å². The Morgan fingerprint density at radius 2 is 1.90 bits per heavy atom. The van der Waals surface area contributed by atoms with E-state index >= 15 is 0 Å². The second-order valence-electron chi connectivity index (χ2n) is 7.74. The van der Waals surface area contributed by atoms with Gasteiger partial charge in [-0.2, -0.15) is 0 Å². The highest BCUT2D eigenvalue weighted by molar-refractivity contribution is 5.79. The van der Waals surface area contributed by atoms with Gasteiger partial charge in [0.25, 0.3) is 0 Å². The molecule has 2 aromatic rings. The third kappa shape index (κ3) is 5.73. The van der Waals surface area contributed by atoms with Crippen LogP contribution in [0.25, 0.3) is 0 Å². The van der Waals surface area contributed by atoms with Gasteiger partial charge in [0, 0.05) is 39.7 Å². The molecular weight excluding hydrogens is 362 g/mol. The van der Waals surface area contributed by atoms with Gasteiger partial charge in [0.1, 0.15) is 5.75 Å². The second-order valence-corrected chi connectivity index (χ2v) is 7.74. The molecule has 0 amide bonds. The Hall–Kier alpha value is -2.53. The molecule has 0 spiro atoms. The van der Waals surface area contributed by atoms with E-state index in [2.05, 4.69) is 65.6 Å². The summed E-state index contributed by atoms with van der Waals surface area (Å²) >= 11 is 0. The van der Waals surface area contributed by atoms with E-state index in [4.69, 9.17) is 9.47 Å². The lowest BCUT2D eigenvalue weighted by atomic mass is 9.89. The number of benzene rings is 2. The number of hydrogen-bond acceptors (Lipinski definition) is 3. The molecule has 0 aliphatic carbocycles. The Balaban J connectivity index is 1.59. The van der Waals surface area contributed by atoms with Gasteiger partial charge in [-0.05, 0) is 43.0 Å². The smallest absolute Gasteiger partial charge is 0.193 e. The molecule has 0 radical (unpaired) electrons. The van der Waals surface area contributed by atoms with Crippen LogP contribution in [0.5, 0.6) is 5.75 Å². The predicted octanol–water partition coefficient (Wildman–Crippen LogP) is 4.18. The number of rotatable bonds is 6. The van der Waals surface area contributed by atoms with Gasteiger partial charge >= 0.3 is 0 Å². The van der Waals surface area contributed by atoms with Crippen LogP contribution in [-0.4, -0.2) is 45.2 Å². The number of guanidine groups is 1. The van der Waals surface area contributed by atoms with E-state index in [1.54, 1.807) is 7.11 Å². The minimum atomic E-state index is 0.141. The fourth-order valence-corrected chi connectivity index (χ4v) is 3.86. The van der Waals surface area contributed by atoms with Crippen molar-refractivity contribution in [3.8, 4) is 5.75 Å². The molecule has 2 aromatic carbocycles. The van der Waals surface area contributed by atoms with E-state index in [1.165, 1.54) is 16.7 Å². The molecule has 5 heteroatoms. The summed E-state index contributed by atoms with van der Waals surface area (Å²) in [6, 6.07) is 16.9. The molecule has 2 atom stereocenters. The van der Waals surface area contributed by atoms with Crippen molar-refractivity contribution in [2.75, 3.05) is 34.4 Å². The average Bonchev–Trinajstić information content (AvgIpc) is 2.75. The number of nitrogens with zero attached hydrogens (tertiary/aromatic N) is 2. The van der Waals surface area contributed by atoms with Crippen LogP contribution < -0.4 is 10.1 Å². The Labute approximate surface area is 174 Å². The summed E-state index contributed by atoms with van der Waals surface area (Å²) in [4.78, 5) is 6.62. The zero-order valence-corrected chi connectivity index (χ0v) is 18.0. The number of methoxy groups -OCH3 is 1. The van der Waals surface area contributed by atoms with Crippen LogP contribution in [0.4, 0.5) is 0 Å². The largest absolute Gasteiger partial charge is 0.497 e. The number of aliphatic imine (C=N–C) groups is 1. The molecule has 1 aliphatic heterocycles. The SMILES string of the molecule is CN=C(NCC1CCCOC1c1ccc(C)cc1)N(C)Cc1ccc(OC)cc1. The number of aryl methyl sites for hydroxylation is 1. The first-order chi connectivity index (χ1) is 14.1. The van der Waals surface area contributed by atoms with E-state index in [1.807, 2.05) is 19.2 Å². The van der Waals surface area contributed by atoms with Crippen molar-refractivity contribution in [2.45, 2.75) is 32.4 Å². The number of nitrogens with one attached hydrogen (secondary N) is 1. The van der Waals surface area contributed by atoms with Gasteiger partial charge in [0.15, 0.2) is 5.96 Å². The average molecular weight is 396 g/mol. The van der Waals surface area contributed by atoms with Crippen LogP contribution in [0, 0.1) is 12.8 Å². The van der Waals surface area contributed by atoms with Crippen LogP contribution in [0.15, 0.2) is 53.5 Å². The Morgan fingerprint density at radius 1 is 1.17 bits per heavy atom. The van der Waals surface area contributed by atoms with Gasteiger partial charge in [0.05, 0.1) is 13.2 Å². The molecule has 1 aliphatic rings. The summed E-state index contributed by atoms with van der Waals surface area (Å²) in [5.41, 5.74) is 3.76. The molecule has 156 valence electrons. The molecule has 1 N–H and O–H groups in total. The second kappa shape index (κ2) is 10.3. The zero-order valence-electron chi connectivity index (χ0n) is 18.0. The maximum Gasteiger partial charge on any atom is 0.193 e. The molecule has 2 unspecified atom stereocenters. The molecule has 5 nitrogen and oxygen atoms in total. The van der Waals surface area contributed by atoms with Gasteiger partial charge in [-0.3, -0.25) is 4.99 Å². The minimum Gasteiger partial charge on any atom is -0.497 e. The van der Waals surface area contributed by atoms with Crippen molar-refractivity contribution in [1.29, 1.82) is 0 Å². The summed E-state index contributed by atoms with van der Waals surface area (Å²) < 4.78 is 11.4. The number of hydrogen-bond donors (Lipinski definition) is 1. The van der Waals surface area contributed by atoms with E-state index in [9.17, 15) is 0 Å². The minimum absolute atomic E-state index is 0.141. The van der Waals surface area contributed by atoms with Gasteiger partial charge in [-0.1, -0.05) is 42.0 Å². The maximum atomic E-state index is 6.16. The van der Waals surface area contributed by atoms with Crippen LogP contribution in [0.2, 0.25) is 0 Å². The molecular formula is C24H33N3O2. The van der Waals surface area contributed by atoms with Crippen molar-refractivity contribution in [1.82, 2.24) is 10.2 Å². The fraction of sp³-hybridized carbons (Fsp3) is 0.458. The van der Waals surface area contributed by atoms with E-state index in [-0.39, 0.29) is 6.10 Å². The normalized spacial score (nSPS) is 19.7. The summed E-state index contributed by atoms with van der Waals surface area (Å²) in [5.74, 6) is 2.20. The molecule has 0 saturated carbocycles. The highest BCUT2D eigenvalue weighted by Crippen LogP contribution is 2.33. The first-order valence-electron chi connectivity index (χ1n) is 10.3. The van der Waals surface area contributed by atoms with E-state index in [0.29, 0.717) is 5.92 Å². The zero-order chi connectivity index (χ0) is 20.6. The quantitative estimate of drug-likeness (QED) is 0.589. The van der Waals surface area contributed by atoms with Gasteiger partial charge in [0.2, 0.25) is 0 Å². The Bertz CT molecular complexity index is 787. The van der Waals surface area contributed by atoms with Crippen molar-refractivity contribution in [3.05, 3.63) is 65.2 Å². The molecule has 1 saturated heterocycles. The molecule has 0 aromatic heterocycles. The number of ether oxygens (including phenoxy) is 2. The maximum absolute atomic E-state index is 6.16. The van der Waals surface area contributed by atoms with Crippen molar-refractivity contribution in [2.24, 2.45) is 10.9 Å². The van der Waals surface area contributed by atoms with Gasteiger partial charge in [-0.15, -0.1) is 0 Å². The summed E-state index contributed by atoms with van der Waals surface area (Å²) in [6.07, 6.45) is 2.40. The van der Waals surface area contributed by atoms with Crippen molar-refractivity contribution < 1.29 is 9.47 Å². The molecule has 3 rings (SSSR count). The highest BCUT2D eigenvalue weighted by Gasteiger charge is 2.27. The first-order valence-corrected chi connectivity index (χ1v) is 10.3. The lowest BCUT2D eigenvalue weighted by Gasteiger charge is -2.33. The van der Waals surface area contributed by atoms with Crippen LogP contribution in [0.1, 0.15) is 35.6 Å². The molecule has 1 heterocycles. The van der Waals surface area contributed by atoms with Gasteiger partial charge in [-0.25, -0.2) is 0 Å². The first kappa shape index (κ1) is 21.2. The summed E-state index contributed by atoms with van der Waals surface area (Å²) in [7, 11) is 5.59. The Morgan fingerprint density at radius 3 is 2.55 bits per heavy atom. The Kier molecular flexibility index (Phi) is 7.53. The molecule has 29 heavy (non-hydrogen) atoms. The standard InChI is InChI=1S/C24H33N3O2/c1-18-7-11-20(12-8-18)23-21(6-5-15-29-23)16-26-24(25-2)27(3)17-19-9-13-22(28-4)14-10-19/h7-14,21,23H,5-6,15-17H2,1-4H3,(H,25,26).